The first kappa shape index (κ1) is 10.7. The van der Waals surface area contributed by atoms with Gasteiger partial charge in [-0.25, -0.2) is 0 Å². The topological polar surface area (TPSA) is 34.9 Å². The number of pyridine rings is 1. The Kier molecular flexibility index (Phi) is 2.45. The summed E-state index contributed by atoms with van der Waals surface area (Å²) in [5.41, 5.74) is 2.49. The average Bonchev–Trinajstić information content (AvgIpc) is 2.84. The number of nitrogens with zero attached hydrogens (tertiary/aromatic N) is 2. The molecule has 0 saturated carbocycles. The van der Waals surface area contributed by atoms with E-state index < -0.39 is 0 Å². The summed E-state index contributed by atoms with van der Waals surface area (Å²) in [6.07, 6.45) is 3.43. The number of aromatic nitrogens is 2. The highest BCUT2D eigenvalue weighted by atomic mass is 16.2. The second kappa shape index (κ2) is 4.11. The van der Waals surface area contributed by atoms with Gasteiger partial charge in [-0.1, -0.05) is 24.3 Å². The lowest BCUT2D eigenvalue weighted by Gasteiger charge is -2.05. The Morgan fingerprint density at radius 2 is 2.00 bits per heavy atom. The number of benzene rings is 1. The zero-order chi connectivity index (χ0) is 12.5. The number of aryl methyl sites for hydroxylation is 1. The fraction of sp³-hybridized carbons (Fsp3) is 0.0667. The van der Waals surface area contributed by atoms with Crippen LogP contribution >= 0.6 is 0 Å². The second-order valence-electron chi connectivity index (χ2n) is 4.22. The fourth-order valence-electron chi connectivity index (χ4n) is 2.16. The van der Waals surface area contributed by atoms with Crippen LogP contribution in [0.2, 0.25) is 0 Å². The number of carbonyl (C=O) groups excluding carboxylic acids is 1. The monoisotopic (exact) mass is 236 g/mol. The van der Waals surface area contributed by atoms with E-state index in [0.29, 0.717) is 5.69 Å². The lowest BCUT2D eigenvalue weighted by molar-refractivity contribution is 0.0960. The molecule has 0 N–H and O–H groups in total. The van der Waals surface area contributed by atoms with Gasteiger partial charge in [0.15, 0.2) is 0 Å². The Morgan fingerprint density at radius 1 is 1.11 bits per heavy atom. The quantitative estimate of drug-likeness (QED) is 0.651. The third-order valence-electron chi connectivity index (χ3n) is 3.02. The summed E-state index contributed by atoms with van der Waals surface area (Å²) in [4.78, 5) is 16.5. The molecule has 3 nitrogen and oxygen atoms in total. The molecule has 0 radical (unpaired) electrons. The molecule has 18 heavy (non-hydrogen) atoms. The average molecular weight is 236 g/mol. The van der Waals surface area contributed by atoms with Crippen molar-refractivity contribution in [3.05, 3.63) is 66.1 Å². The highest BCUT2D eigenvalue weighted by Crippen LogP contribution is 2.20. The minimum atomic E-state index is -0.0973. The predicted molar refractivity (Wildman–Crippen MR) is 70.6 cm³/mol. The Morgan fingerprint density at radius 3 is 2.78 bits per heavy atom. The maximum absolute atomic E-state index is 12.4. The molecule has 3 heteroatoms. The first-order valence-corrected chi connectivity index (χ1v) is 5.80. The summed E-state index contributed by atoms with van der Waals surface area (Å²) >= 11 is 0. The molecule has 2 heterocycles. The minimum Gasteiger partial charge on any atom is -0.282 e. The third kappa shape index (κ3) is 1.61. The van der Waals surface area contributed by atoms with Crippen LogP contribution in [-0.4, -0.2) is 15.5 Å². The van der Waals surface area contributed by atoms with Gasteiger partial charge in [0.1, 0.15) is 5.69 Å². The normalized spacial score (nSPS) is 10.7. The highest BCUT2D eigenvalue weighted by molar-refractivity contribution is 6.01. The maximum Gasteiger partial charge on any atom is 0.280 e. The van der Waals surface area contributed by atoms with Crippen molar-refractivity contribution in [2.24, 2.45) is 0 Å². The van der Waals surface area contributed by atoms with Crippen molar-refractivity contribution in [3.8, 4) is 0 Å². The Labute approximate surface area is 105 Å². The standard InChI is InChI=1S/C15H12N2O/c1-11-5-4-6-12-8-10-17(14(11)12)15(18)13-7-2-3-9-16-13/h2-10H,1H3. The van der Waals surface area contributed by atoms with E-state index in [1.54, 1.807) is 29.1 Å². The molecule has 1 aromatic carbocycles. The number of hydrogen-bond donors (Lipinski definition) is 0. The van der Waals surface area contributed by atoms with Crippen LogP contribution in [0.4, 0.5) is 0 Å². The molecule has 0 aliphatic heterocycles. The van der Waals surface area contributed by atoms with E-state index in [0.717, 1.165) is 16.5 Å². The van der Waals surface area contributed by atoms with E-state index in [2.05, 4.69) is 4.98 Å². The van der Waals surface area contributed by atoms with Gasteiger partial charge in [0.25, 0.3) is 5.91 Å². The zero-order valence-electron chi connectivity index (χ0n) is 10.00. The van der Waals surface area contributed by atoms with Gasteiger partial charge in [0.2, 0.25) is 0 Å². The van der Waals surface area contributed by atoms with Crippen LogP contribution in [0.1, 0.15) is 16.1 Å². The summed E-state index contributed by atoms with van der Waals surface area (Å²) in [7, 11) is 0. The largest absolute Gasteiger partial charge is 0.282 e. The summed E-state index contributed by atoms with van der Waals surface area (Å²) in [6, 6.07) is 13.3. The number of para-hydroxylation sites is 1. The molecule has 0 amide bonds. The van der Waals surface area contributed by atoms with Crippen LogP contribution in [-0.2, 0) is 0 Å². The van der Waals surface area contributed by atoms with Gasteiger partial charge < -0.3 is 0 Å². The molecular formula is C15H12N2O. The number of rotatable bonds is 1. The van der Waals surface area contributed by atoms with Gasteiger partial charge in [-0.3, -0.25) is 14.3 Å². The molecule has 0 aliphatic carbocycles. The van der Waals surface area contributed by atoms with Crippen LogP contribution in [0.15, 0.2) is 54.9 Å². The van der Waals surface area contributed by atoms with E-state index in [1.165, 1.54) is 0 Å². The number of hydrogen-bond acceptors (Lipinski definition) is 2. The second-order valence-corrected chi connectivity index (χ2v) is 4.22. The molecule has 3 rings (SSSR count). The highest BCUT2D eigenvalue weighted by Gasteiger charge is 2.13. The van der Waals surface area contributed by atoms with E-state index in [1.807, 2.05) is 37.3 Å². The molecule has 0 saturated heterocycles. The lowest BCUT2D eigenvalue weighted by atomic mass is 10.2. The Hall–Kier alpha value is -2.42. The Bertz CT molecular complexity index is 714. The predicted octanol–water partition coefficient (Wildman–Crippen LogP) is 3.03. The first-order valence-electron chi connectivity index (χ1n) is 5.80. The molecule has 3 aromatic rings. The van der Waals surface area contributed by atoms with Crippen LogP contribution in [0.3, 0.4) is 0 Å². The molecule has 0 unspecified atom stereocenters. The lowest BCUT2D eigenvalue weighted by Crippen LogP contribution is -2.12. The SMILES string of the molecule is Cc1cccc2ccn(C(=O)c3ccccn3)c12. The van der Waals surface area contributed by atoms with E-state index in [4.69, 9.17) is 0 Å². The van der Waals surface area contributed by atoms with Gasteiger partial charge >= 0.3 is 0 Å². The van der Waals surface area contributed by atoms with Crippen molar-refractivity contribution >= 4 is 16.8 Å². The molecule has 88 valence electrons. The van der Waals surface area contributed by atoms with Crippen molar-refractivity contribution in [1.29, 1.82) is 0 Å². The van der Waals surface area contributed by atoms with Crippen LogP contribution in [0.25, 0.3) is 10.9 Å². The van der Waals surface area contributed by atoms with E-state index in [-0.39, 0.29) is 5.91 Å². The van der Waals surface area contributed by atoms with Crippen molar-refractivity contribution in [2.75, 3.05) is 0 Å². The van der Waals surface area contributed by atoms with Gasteiger partial charge in [0.05, 0.1) is 5.52 Å². The van der Waals surface area contributed by atoms with Gasteiger partial charge in [0, 0.05) is 17.8 Å². The van der Waals surface area contributed by atoms with Crippen molar-refractivity contribution in [3.63, 3.8) is 0 Å². The van der Waals surface area contributed by atoms with E-state index in [9.17, 15) is 4.79 Å². The summed E-state index contributed by atoms with van der Waals surface area (Å²) in [5.74, 6) is -0.0973. The fourth-order valence-corrected chi connectivity index (χ4v) is 2.16. The van der Waals surface area contributed by atoms with E-state index >= 15 is 0 Å². The van der Waals surface area contributed by atoms with Crippen molar-refractivity contribution < 1.29 is 4.79 Å². The third-order valence-corrected chi connectivity index (χ3v) is 3.02. The van der Waals surface area contributed by atoms with Gasteiger partial charge in [-0.05, 0) is 30.7 Å². The van der Waals surface area contributed by atoms with Gasteiger partial charge in [-0.15, -0.1) is 0 Å². The van der Waals surface area contributed by atoms with Gasteiger partial charge in [-0.2, -0.15) is 0 Å². The van der Waals surface area contributed by atoms with Crippen LogP contribution in [0.5, 0.6) is 0 Å². The number of carbonyl (C=O) groups is 1. The molecule has 2 aromatic heterocycles. The first-order chi connectivity index (χ1) is 8.77. The summed E-state index contributed by atoms with van der Waals surface area (Å²) in [6.45, 7) is 2.00. The zero-order valence-corrected chi connectivity index (χ0v) is 10.00. The summed E-state index contributed by atoms with van der Waals surface area (Å²) < 4.78 is 1.66. The molecule has 0 aliphatic rings. The van der Waals surface area contributed by atoms with Crippen LogP contribution < -0.4 is 0 Å². The smallest absolute Gasteiger partial charge is 0.280 e. The van der Waals surface area contributed by atoms with Crippen molar-refractivity contribution in [2.45, 2.75) is 6.92 Å². The number of fused-ring (bicyclic) bond motifs is 1. The summed E-state index contributed by atoms with van der Waals surface area (Å²) in [5, 5.41) is 1.07. The Balaban J connectivity index is 2.19. The van der Waals surface area contributed by atoms with Crippen molar-refractivity contribution in [1.82, 2.24) is 9.55 Å². The molecule has 0 atom stereocenters. The minimum absolute atomic E-state index is 0.0973. The molecule has 0 fully saturated rings. The molecular weight excluding hydrogens is 224 g/mol. The van der Waals surface area contributed by atoms with Crippen LogP contribution in [0, 0.1) is 6.92 Å². The molecule has 0 bridgehead atoms. The molecule has 0 spiro atoms. The maximum atomic E-state index is 12.4.